The number of anilines is 1. The summed E-state index contributed by atoms with van der Waals surface area (Å²) < 4.78 is 1.76. The fourth-order valence-corrected chi connectivity index (χ4v) is 5.13. The van der Waals surface area contributed by atoms with Gasteiger partial charge in [-0.05, 0) is 49.9 Å². The molecule has 0 unspecified atom stereocenters. The average Bonchev–Trinajstić information content (AvgIpc) is 2.81. The number of benzene rings is 2. The summed E-state index contributed by atoms with van der Waals surface area (Å²) in [7, 11) is 0. The molecule has 1 fully saturated rings. The van der Waals surface area contributed by atoms with Crippen molar-refractivity contribution in [3.63, 3.8) is 0 Å². The van der Waals surface area contributed by atoms with Crippen molar-refractivity contribution < 1.29 is 9.90 Å². The van der Waals surface area contributed by atoms with Gasteiger partial charge >= 0.3 is 0 Å². The molecule has 2 atom stereocenters. The number of aromatic nitrogens is 3. The fraction of sp³-hybridized carbons (Fsp3) is 0.231. The Bertz CT molecular complexity index is 1510. The second-order valence-electron chi connectivity index (χ2n) is 8.73. The first-order valence-corrected chi connectivity index (χ1v) is 12.0. The lowest BCUT2D eigenvalue weighted by atomic mass is 9.74. The molecule has 1 aliphatic carbocycles. The van der Waals surface area contributed by atoms with E-state index in [9.17, 15) is 14.7 Å². The summed E-state index contributed by atoms with van der Waals surface area (Å²) in [5.41, 5.74) is 2.58. The summed E-state index contributed by atoms with van der Waals surface area (Å²) in [6.45, 7) is 3.72. The molecule has 1 aliphatic rings. The van der Waals surface area contributed by atoms with Crippen molar-refractivity contribution in [2.75, 3.05) is 5.32 Å². The van der Waals surface area contributed by atoms with E-state index in [0.717, 1.165) is 18.4 Å². The second kappa shape index (κ2) is 8.98. The number of hydrogen-bond acceptors (Lipinski definition) is 5. The zero-order chi connectivity index (χ0) is 24.9. The van der Waals surface area contributed by atoms with E-state index < -0.39 is 11.7 Å². The van der Waals surface area contributed by atoms with Crippen LogP contribution < -0.4 is 10.9 Å². The minimum absolute atomic E-state index is 0.0118. The molecule has 2 aromatic heterocycles. The molecule has 4 aromatic rings. The lowest BCUT2D eigenvalue weighted by Crippen LogP contribution is -2.37. The molecule has 0 aliphatic heterocycles. The van der Waals surface area contributed by atoms with Crippen LogP contribution >= 0.6 is 23.2 Å². The van der Waals surface area contributed by atoms with Crippen molar-refractivity contribution in [3.8, 4) is 5.75 Å². The van der Waals surface area contributed by atoms with Crippen LogP contribution in [0.3, 0.4) is 0 Å². The van der Waals surface area contributed by atoms with Crippen LogP contribution in [0.1, 0.15) is 52.2 Å². The Kier molecular flexibility index (Phi) is 5.99. The van der Waals surface area contributed by atoms with Gasteiger partial charge in [-0.1, -0.05) is 59.6 Å². The van der Waals surface area contributed by atoms with E-state index in [1.54, 1.807) is 16.7 Å². The Morgan fingerprint density at radius 3 is 2.49 bits per heavy atom. The molecule has 2 N–H and O–H groups in total. The fourth-order valence-electron chi connectivity index (χ4n) is 4.69. The topological polar surface area (TPSA) is 97.1 Å². The van der Waals surface area contributed by atoms with Crippen LogP contribution in [0, 0.1) is 13.8 Å². The molecule has 1 saturated carbocycles. The zero-order valence-corrected chi connectivity index (χ0v) is 20.6. The van der Waals surface area contributed by atoms with Crippen LogP contribution in [0.5, 0.6) is 5.75 Å². The molecule has 7 nitrogen and oxygen atoms in total. The normalized spacial score (nSPS) is 17.3. The quantitative estimate of drug-likeness (QED) is 0.340. The van der Waals surface area contributed by atoms with Gasteiger partial charge in [0.2, 0.25) is 0 Å². The van der Waals surface area contributed by atoms with E-state index in [1.165, 1.54) is 11.6 Å². The Hall–Kier alpha value is -3.42. The van der Waals surface area contributed by atoms with Crippen LogP contribution in [0.4, 0.5) is 5.69 Å². The average molecular weight is 509 g/mol. The van der Waals surface area contributed by atoms with Gasteiger partial charge in [0.1, 0.15) is 11.5 Å². The molecule has 35 heavy (non-hydrogen) atoms. The molecular weight excluding hydrogens is 487 g/mol. The lowest BCUT2D eigenvalue weighted by Gasteiger charge is -2.39. The summed E-state index contributed by atoms with van der Waals surface area (Å²) in [5, 5.41) is 12.4. The molecule has 1 amide bonds. The molecule has 5 rings (SSSR count). The number of carbonyl (C=O) groups is 1. The van der Waals surface area contributed by atoms with E-state index in [4.69, 9.17) is 28.2 Å². The van der Waals surface area contributed by atoms with Gasteiger partial charge < -0.3 is 10.4 Å². The predicted octanol–water partition coefficient (Wildman–Crippen LogP) is 5.79. The third-order valence-corrected chi connectivity index (χ3v) is 7.17. The number of amides is 1. The number of aryl methyl sites for hydroxylation is 2. The van der Waals surface area contributed by atoms with Gasteiger partial charge in [-0.15, -0.1) is 0 Å². The predicted molar refractivity (Wildman–Crippen MR) is 137 cm³/mol. The molecule has 0 radical (unpaired) electrons. The number of hydrogen-bond donors (Lipinski definition) is 2. The largest absolute Gasteiger partial charge is 0.504 e. The van der Waals surface area contributed by atoms with E-state index in [0.29, 0.717) is 22.4 Å². The van der Waals surface area contributed by atoms with Crippen molar-refractivity contribution in [2.45, 2.75) is 38.6 Å². The third-order valence-electron chi connectivity index (χ3n) is 6.62. The highest BCUT2D eigenvalue weighted by Crippen LogP contribution is 2.46. The van der Waals surface area contributed by atoms with Crippen LogP contribution in [-0.4, -0.2) is 25.5 Å². The molecule has 2 heterocycles. The minimum atomic E-state index is -0.615. The number of rotatable bonds is 4. The first-order valence-electron chi connectivity index (χ1n) is 11.2. The third kappa shape index (κ3) is 4.05. The Balaban J connectivity index is 1.59. The van der Waals surface area contributed by atoms with Gasteiger partial charge in [-0.25, -0.2) is 9.97 Å². The lowest BCUT2D eigenvalue weighted by molar-refractivity contribution is 0.102. The summed E-state index contributed by atoms with van der Waals surface area (Å²) in [6, 6.07) is 14.8. The second-order valence-corrected chi connectivity index (χ2v) is 9.50. The van der Waals surface area contributed by atoms with Gasteiger partial charge in [0, 0.05) is 12.0 Å². The molecule has 178 valence electrons. The number of carbonyl (C=O) groups excluding carboxylic acids is 1. The molecular formula is C26H22Cl2N4O3. The van der Waals surface area contributed by atoms with Gasteiger partial charge in [-0.3, -0.25) is 14.2 Å². The monoisotopic (exact) mass is 508 g/mol. The summed E-state index contributed by atoms with van der Waals surface area (Å²) >= 11 is 11.8. The maximum atomic E-state index is 13.9. The molecule has 0 spiro atoms. The van der Waals surface area contributed by atoms with Crippen molar-refractivity contribution in [2.24, 2.45) is 0 Å². The number of nitrogens with zero attached hydrogens (tertiary/aromatic N) is 3. The number of fused-ring (bicyclic) bond motifs is 1. The highest BCUT2D eigenvalue weighted by atomic mass is 35.5. The number of pyridine rings is 1. The molecule has 0 bridgehead atoms. The van der Waals surface area contributed by atoms with Gasteiger partial charge in [0.05, 0.1) is 21.6 Å². The number of aromatic hydroxyl groups is 1. The molecule has 9 heteroatoms. The smallest absolute Gasteiger partial charge is 0.274 e. The Morgan fingerprint density at radius 2 is 1.83 bits per heavy atom. The highest BCUT2D eigenvalue weighted by molar-refractivity contribution is 6.36. The van der Waals surface area contributed by atoms with Crippen molar-refractivity contribution in [1.29, 1.82) is 0 Å². The maximum absolute atomic E-state index is 13.9. The first-order chi connectivity index (χ1) is 16.8. The van der Waals surface area contributed by atoms with E-state index in [1.807, 2.05) is 32.0 Å². The van der Waals surface area contributed by atoms with E-state index in [2.05, 4.69) is 22.4 Å². The number of nitrogens with one attached hydrogen (secondary N) is 1. The standard InChI is InChI=1S/C26H22Cl2N4O3/c1-13-8-10-18(31-25(34)19-12-17(27)23(33)24(28)30-19)21-22(13)29-14(2)32(26(21)35)20-11-9-16(20)15-6-4-3-5-7-15/h3-8,10,12,16,20,33H,9,11H2,1-2H3,(H,31,34)/t16-,20+/m0/s1. The number of halogens is 2. The van der Waals surface area contributed by atoms with Crippen LogP contribution in [-0.2, 0) is 0 Å². The summed E-state index contributed by atoms with van der Waals surface area (Å²) in [6.07, 6.45) is 1.86. The molecule has 2 aromatic carbocycles. The summed E-state index contributed by atoms with van der Waals surface area (Å²) in [5.74, 6) is -0.156. The van der Waals surface area contributed by atoms with Crippen molar-refractivity contribution in [3.05, 3.63) is 91.7 Å². The summed E-state index contributed by atoms with van der Waals surface area (Å²) in [4.78, 5) is 35.5. The zero-order valence-electron chi connectivity index (χ0n) is 19.0. The van der Waals surface area contributed by atoms with E-state index in [-0.39, 0.29) is 33.4 Å². The highest BCUT2D eigenvalue weighted by Gasteiger charge is 2.35. The van der Waals surface area contributed by atoms with Crippen LogP contribution in [0.15, 0.2) is 53.3 Å². The van der Waals surface area contributed by atoms with Crippen molar-refractivity contribution >= 4 is 45.7 Å². The maximum Gasteiger partial charge on any atom is 0.274 e. The Morgan fingerprint density at radius 1 is 1.09 bits per heavy atom. The Labute approximate surface area is 211 Å². The van der Waals surface area contributed by atoms with E-state index >= 15 is 0 Å². The van der Waals surface area contributed by atoms with Gasteiger partial charge in [0.25, 0.3) is 11.5 Å². The van der Waals surface area contributed by atoms with Gasteiger partial charge in [-0.2, -0.15) is 0 Å². The van der Waals surface area contributed by atoms with Gasteiger partial charge in [0.15, 0.2) is 10.9 Å². The minimum Gasteiger partial charge on any atom is -0.504 e. The first kappa shape index (κ1) is 23.3. The SMILES string of the molecule is Cc1ccc(NC(=O)c2cc(Cl)c(O)c(Cl)n2)c2c(=O)n([C@@H]3CC[C@H]3c3ccccc3)c(C)nc12. The van der Waals surface area contributed by atoms with Crippen LogP contribution in [0.2, 0.25) is 10.2 Å². The van der Waals surface area contributed by atoms with Crippen molar-refractivity contribution in [1.82, 2.24) is 14.5 Å². The molecule has 0 saturated heterocycles. The van der Waals surface area contributed by atoms with Crippen LogP contribution in [0.25, 0.3) is 10.9 Å².